The van der Waals surface area contributed by atoms with E-state index in [9.17, 15) is 26.8 Å². The average molecular weight is 467 g/mol. The lowest BCUT2D eigenvalue weighted by molar-refractivity contribution is -0.119. The lowest BCUT2D eigenvalue weighted by Gasteiger charge is -2.21. The molecule has 1 aliphatic carbocycles. The molecular weight excluding hydrogens is 448 g/mol. The van der Waals surface area contributed by atoms with Gasteiger partial charge in [0.25, 0.3) is 11.7 Å². The molecule has 2 aromatic carbocycles. The van der Waals surface area contributed by atoms with Crippen molar-refractivity contribution in [3.63, 3.8) is 0 Å². The van der Waals surface area contributed by atoms with Gasteiger partial charge in [-0.15, -0.1) is 0 Å². The molecule has 1 N–H and O–H groups in total. The van der Waals surface area contributed by atoms with Crippen molar-refractivity contribution in [1.29, 1.82) is 0 Å². The first-order valence-corrected chi connectivity index (χ1v) is 11.3. The van der Waals surface area contributed by atoms with Crippen LogP contribution in [0, 0.1) is 0 Å². The first-order chi connectivity index (χ1) is 15.2. The highest BCUT2D eigenvalue weighted by atomic mass is 32.2. The van der Waals surface area contributed by atoms with Gasteiger partial charge in [0, 0.05) is 24.6 Å². The highest BCUT2D eigenvalue weighted by Crippen LogP contribution is 2.47. The van der Waals surface area contributed by atoms with Gasteiger partial charge >= 0.3 is 11.7 Å². The average Bonchev–Trinajstić information content (AvgIpc) is 3.37. The van der Waals surface area contributed by atoms with Gasteiger partial charge in [0.15, 0.2) is 18.1 Å². The Morgan fingerprint density at radius 3 is 2.34 bits per heavy atom. The number of benzene rings is 2. The first-order valence-electron chi connectivity index (χ1n) is 9.80. The molecule has 1 aliphatic heterocycles. The number of alkyl halides is 2. The third-order valence-electron chi connectivity index (χ3n) is 5.17. The molecule has 11 heteroatoms. The fourth-order valence-corrected chi connectivity index (χ4v) is 4.31. The molecule has 0 saturated heterocycles. The van der Waals surface area contributed by atoms with E-state index in [1.165, 1.54) is 0 Å². The van der Waals surface area contributed by atoms with Gasteiger partial charge in [-0.1, -0.05) is 0 Å². The third kappa shape index (κ3) is 4.38. The van der Waals surface area contributed by atoms with E-state index < -0.39 is 44.8 Å². The molecule has 0 bridgehead atoms. The maximum absolute atomic E-state index is 12.6. The van der Waals surface area contributed by atoms with Gasteiger partial charge in [0.05, 0.1) is 10.5 Å². The number of halogens is 2. The molecule has 1 saturated carbocycles. The smallest absolute Gasteiger partial charge is 0.341 e. The number of amides is 1. The van der Waals surface area contributed by atoms with Gasteiger partial charge in [0.1, 0.15) is 0 Å². The molecule has 170 valence electrons. The van der Waals surface area contributed by atoms with E-state index >= 15 is 0 Å². The van der Waals surface area contributed by atoms with Gasteiger partial charge in [-0.25, -0.2) is 13.2 Å². The standard InChI is InChI=1S/C21H19F2NO7S/c22-20(23)32(27,28)15-6-3-13(4-7-15)19(26)29-12-18(25)24-14-5-8-16-17(11-14)31-21(30-16)9-1-2-10-21/h3-8,11,20H,1-2,9-10,12H2,(H,24,25). The van der Waals surface area contributed by atoms with Gasteiger partial charge in [-0.2, -0.15) is 8.78 Å². The molecule has 4 rings (SSSR count). The van der Waals surface area contributed by atoms with Crippen LogP contribution in [-0.2, 0) is 19.4 Å². The zero-order valence-corrected chi connectivity index (χ0v) is 17.5. The summed E-state index contributed by atoms with van der Waals surface area (Å²) in [6, 6.07) is 8.78. The number of anilines is 1. The Hall–Kier alpha value is -3.21. The summed E-state index contributed by atoms with van der Waals surface area (Å²) < 4.78 is 64.7. The SMILES string of the molecule is O=C(COC(=O)c1ccc(S(=O)(=O)C(F)F)cc1)Nc1ccc2c(c1)OC1(CCCC1)O2. The van der Waals surface area contributed by atoms with Crippen LogP contribution < -0.4 is 14.8 Å². The maximum Gasteiger partial charge on any atom is 0.341 e. The van der Waals surface area contributed by atoms with Gasteiger partial charge < -0.3 is 19.5 Å². The van der Waals surface area contributed by atoms with Gasteiger partial charge in [0.2, 0.25) is 9.84 Å². The van der Waals surface area contributed by atoms with Crippen LogP contribution in [0.3, 0.4) is 0 Å². The fraction of sp³-hybridized carbons (Fsp3) is 0.333. The van der Waals surface area contributed by atoms with E-state index in [-0.39, 0.29) is 5.56 Å². The Bertz CT molecular complexity index is 1140. The summed E-state index contributed by atoms with van der Waals surface area (Å²) in [6.07, 6.45) is 3.64. The normalized spacial score (nSPS) is 16.3. The zero-order chi connectivity index (χ0) is 22.9. The zero-order valence-electron chi connectivity index (χ0n) is 16.7. The number of ether oxygens (including phenoxy) is 3. The second-order valence-electron chi connectivity index (χ2n) is 7.44. The molecule has 0 unspecified atom stereocenters. The Balaban J connectivity index is 1.31. The quantitative estimate of drug-likeness (QED) is 0.648. The van der Waals surface area contributed by atoms with Crippen LogP contribution in [0.5, 0.6) is 11.5 Å². The van der Waals surface area contributed by atoms with Crippen LogP contribution in [-0.4, -0.2) is 38.4 Å². The highest BCUT2D eigenvalue weighted by molar-refractivity contribution is 7.91. The first kappa shape index (κ1) is 22.0. The minimum atomic E-state index is -4.76. The van der Waals surface area contributed by atoms with E-state index in [0.717, 1.165) is 49.9 Å². The second kappa shape index (κ2) is 8.38. The number of nitrogens with one attached hydrogen (secondary N) is 1. The molecule has 32 heavy (non-hydrogen) atoms. The molecule has 1 heterocycles. The number of esters is 1. The van der Waals surface area contributed by atoms with E-state index in [1.54, 1.807) is 18.2 Å². The molecule has 1 amide bonds. The number of carbonyl (C=O) groups excluding carboxylic acids is 2. The van der Waals surface area contributed by atoms with E-state index in [1.807, 2.05) is 0 Å². The summed E-state index contributed by atoms with van der Waals surface area (Å²) in [6.45, 7) is -0.603. The predicted molar refractivity (Wildman–Crippen MR) is 107 cm³/mol. The van der Waals surface area contributed by atoms with Crippen molar-refractivity contribution in [2.75, 3.05) is 11.9 Å². The lowest BCUT2D eigenvalue weighted by Crippen LogP contribution is -2.34. The number of sulfone groups is 1. The van der Waals surface area contributed by atoms with Gasteiger partial charge in [-0.05, 0) is 49.2 Å². The molecule has 0 radical (unpaired) electrons. The number of hydrogen-bond donors (Lipinski definition) is 1. The highest BCUT2D eigenvalue weighted by Gasteiger charge is 2.44. The summed E-state index contributed by atoms with van der Waals surface area (Å²) in [5, 5.41) is 2.58. The van der Waals surface area contributed by atoms with Crippen molar-refractivity contribution < 1.29 is 41.0 Å². The lowest BCUT2D eigenvalue weighted by atomic mass is 10.2. The Morgan fingerprint density at radius 2 is 1.69 bits per heavy atom. The maximum atomic E-state index is 12.6. The van der Waals surface area contributed by atoms with Crippen molar-refractivity contribution in [3.8, 4) is 11.5 Å². The van der Waals surface area contributed by atoms with Crippen LogP contribution in [0.4, 0.5) is 14.5 Å². The molecule has 8 nitrogen and oxygen atoms in total. The molecule has 1 spiro atoms. The fourth-order valence-electron chi connectivity index (χ4n) is 3.58. The third-order valence-corrected chi connectivity index (χ3v) is 6.57. The van der Waals surface area contributed by atoms with Gasteiger partial charge in [-0.3, -0.25) is 4.79 Å². The Morgan fingerprint density at radius 1 is 1.03 bits per heavy atom. The van der Waals surface area contributed by atoms with Crippen LogP contribution in [0.25, 0.3) is 0 Å². The number of rotatable bonds is 6. The minimum absolute atomic E-state index is 0.0871. The van der Waals surface area contributed by atoms with E-state index in [2.05, 4.69) is 5.32 Å². The molecule has 1 fully saturated rings. The number of carbonyl (C=O) groups is 2. The van der Waals surface area contributed by atoms with Crippen LogP contribution in [0.2, 0.25) is 0 Å². The van der Waals surface area contributed by atoms with Crippen molar-refractivity contribution in [3.05, 3.63) is 48.0 Å². The van der Waals surface area contributed by atoms with E-state index in [0.29, 0.717) is 17.2 Å². The van der Waals surface area contributed by atoms with Crippen molar-refractivity contribution in [2.24, 2.45) is 0 Å². The largest absolute Gasteiger partial charge is 0.452 e. The summed E-state index contributed by atoms with van der Waals surface area (Å²) >= 11 is 0. The molecule has 2 aromatic rings. The Labute approximate surface area is 182 Å². The summed E-state index contributed by atoms with van der Waals surface area (Å²) in [5.41, 5.74) is 0.348. The van der Waals surface area contributed by atoms with Crippen molar-refractivity contribution in [1.82, 2.24) is 0 Å². The second-order valence-corrected chi connectivity index (χ2v) is 9.36. The molecule has 2 aliphatic rings. The summed E-state index contributed by atoms with van der Waals surface area (Å²) in [5.74, 6) is -4.57. The predicted octanol–water partition coefficient (Wildman–Crippen LogP) is 3.52. The monoisotopic (exact) mass is 467 g/mol. The minimum Gasteiger partial charge on any atom is -0.452 e. The van der Waals surface area contributed by atoms with Crippen molar-refractivity contribution in [2.45, 2.75) is 42.1 Å². The van der Waals surface area contributed by atoms with E-state index in [4.69, 9.17) is 14.2 Å². The van der Waals surface area contributed by atoms with Crippen LogP contribution in [0.1, 0.15) is 36.0 Å². The molecule has 0 aromatic heterocycles. The molecule has 0 atom stereocenters. The van der Waals surface area contributed by atoms with Crippen LogP contribution in [0.15, 0.2) is 47.4 Å². The molecular formula is C21H19F2NO7S. The summed E-state index contributed by atoms with van der Waals surface area (Å²) in [7, 11) is -4.76. The number of fused-ring (bicyclic) bond motifs is 1. The van der Waals surface area contributed by atoms with Crippen molar-refractivity contribution >= 4 is 27.4 Å². The summed E-state index contributed by atoms with van der Waals surface area (Å²) in [4.78, 5) is 23.6. The Kier molecular flexibility index (Phi) is 5.76. The topological polar surface area (TPSA) is 108 Å². The number of hydrogen-bond acceptors (Lipinski definition) is 7. The van der Waals surface area contributed by atoms with Crippen LogP contribution >= 0.6 is 0 Å².